The summed E-state index contributed by atoms with van der Waals surface area (Å²) in [7, 11) is -1.60. The molecule has 1 aromatic rings. The van der Waals surface area contributed by atoms with Crippen molar-refractivity contribution in [2.24, 2.45) is 0 Å². The number of halogens is 3. The number of benzene rings is 1. The van der Waals surface area contributed by atoms with Gasteiger partial charge < -0.3 is 10.0 Å². The fourth-order valence-corrected chi connectivity index (χ4v) is 0.980. The van der Waals surface area contributed by atoms with Gasteiger partial charge in [0.25, 0.3) is 0 Å². The van der Waals surface area contributed by atoms with Crippen molar-refractivity contribution in [1.82, 2.24) is 0 Å². The van der Waals surface area contributed by atoms with Crippen LogP contribution in [0.5, 0.6) is 0 Å². The van der Waals surface area contributed by atoms with Gasteiger partial charge in [0.05, 0.1) is 5.56 Å². The van der Waals surface area contributed by atoms with E-state index in [9.17, 15) is 13.2 Å². The molecule has 1 aromatic carbocycles. The van der Waals surface area contributed by atoms with Gasteiger partial charge >= 0.3 is 13.3 Å². The predicted molar refractivity (Wildman–Crippen MR) is 50.7 cm³/mol. The molecule has 2 nitrogen and oxygen atoms in total. The van der Waals surface area contributed by atoms with Gasteiger partial charge in [-0.2, -0.15) is 13.2 Å². The molecule has 6 heteroatoms. The molecule has 0 bridgehead atoms. The zero-order valence-corrected chi connectivity index (χ0v) is 7.57. The van der Waals surface area contributed by atoms with Crippen LogP contribution in [0.15, 0.2) is 30.2 Å². The standard InChI is InChI=1S/C9H8BF3O2/c11-9(12,13)8-3-1-7(2-4-8)5-6-10(14)15/h1-6,14-15H/b6-5+. The second-order valence-corrected chi connectivity index (χ2v) is 2.89. The maximum Gasteiger partial charge on any atom is 0.480 e. The van der Waals surface area contributed by atoms with Crippen LogP contribution in [-0.4, -0.2) is 17.2 Å². The monoisotopic (exact) mass is 216 g/mol. The van der Waals surface area contributed by atoms with Crippen molar-refractivity contribution in [1.29, 1.82) is 0 Å². The summed E-state index contributed by atoms with van der Waals surface area (Å²) in [5, 5.41) is 17.0. The highest BCUT2D eigenvalue weighted by Gasteiger charge is 2.29. The Morgan fingerprint density at radius 1 is 1.07 bits per heavy atom. The average molecular weight is 216 g/mol. The molecule has 0 saturated carbocycles. The lowest BCUT2D eigenvalue weighted by molar-refractivity contribution is -0.137. The topological polar surface area (TPSA) is 40.5 Å². The Balaban J connectivity index is 2.82. The lowest BCUT2D eigenvalue weighted by Gasteiger charge is -2.05. The molecule has 0 radical (unpaired) electrons. The van der Waals surface area contributed by atoms with Crippen molar-refractivity contribution >= 4 is 13.2 Å². The normalized spacial score (nSPS) is 12.1. The average Bonchev–Trinajstić information content (AvgIpc) is 2.14. The Kier molecular flexibility index (Phi) is 3.54. The van der Waals surface area contributed by atoms with E-state index in [4.69, 9.17) is 10.0 Å². The summed E-state index contributed by atoms with van der Waals surface area (Å²) in [5.74, 6) is 1.06. The van der Waals surface area contributed by atoms with Crippen LogP contribution >= 0.6 is 0 Å². The van der Waals surface area contributed by atoms with E-state index in [1.165, 1.54) is 18.2 Å². The highest BCUT2D eigenvalue weighted by molar-refractivity contribution is 6.48. The summed E-state index contributed by atoms with van der Waals surface area (Å²) in [6.45, 7) is 0. The van der Waals surface area contributed by atoms with Gasteiger partial charge in [0.2, 0.25) is 0 Å². The first kappa shape index (κ1) is 11.8. The van der Waals surface area contributed by atoms with Crippen LogP contribution in [0, 0.1) is 0 Å². The smallest absolute Gasteiger partial charge is 0.424 e. The van der Waals surface area contributed by atoms with Crippen LogP contribution < -0.4 is 0 Å². The summed E-state index contributed by atoms with van der Waals surface area (Å²) in [5.41, 5.74) is -0.264. The maximum atomic E-state index is 12.1. The van der Waals surface area contributed by atoms with Crippen molar-refractivity contribution in [3.63, 3.8) is 0 Å². The minimum atomic E-state index is -4.35. The van der Waals surface area contributed by atoms with Crippen LogP contribution in [0.1, 0.15) is 11.1 Å². The molecule has 0 aromatic heterocycles. The van der Waals surface area contributed by atoms with Gasteiger partial charge in [0.1, 0.15) is 0 Å². The second-order valence-electron chi connectivity index (χ2n) is 2.89. The van der Waals surface area contributed by atoms with Crippen molar-refractivity contribution in [2.75, 3.05) is 0 Å². The molecule has 15 heavy (non-hydrogen) atoms. The van der Waals surface area contributed by atoms with Gasteiger partial charge in [-0.25, -0.2) is 0 Å². The molecule has 80 valence electrons. The number of rotatable bonds is 2. The minimum Gasteiger partial charge on any atom is -0.424 e. The molecule has 0 heterocycles. The fraction of sp³-hybridized carbons (Fsp3) is 0.111. The van der Waals surface area contributed by atoms with Crippen LogP contribution in [-0.2, 0) is 6.18 Å². The van der Waals surface area contributed by atoms with Crippen molar-refractivity contribution in [3.8, 4) is 0 Å². The molecule has 0 unspecified atom stereocenters. The Labute approximate surface area is 84.8 Å². The van der Waals surface area contributed by atoms with Crippen molar-refractivity contribution < 1.29 is 23.2 Å². The first-order valence-corrected chi connectivity index (χ1v) is 4.11. The van der Waals surface area contributed by atoms with Gasteiger partial charge in [-0.3, -0.25) is 0 Å². The maximum absolute atomic E-state index is 12.1. The number of hydrogen-bond donors (Lipinski definition) is 2. The molecule has 0 aliphatic heterocycles. The fourth-order valence-electron chi connectivity index (χ4n) is 0.980. The lowest BCUT2D eigenvalue weighted by atomic mass is 9.90. The lowest BCUT2D eigenvalue weighted by Crippen LogP contribution is -2.05. The number of hydrogen-bond acceptors (Lipinski definition) is 2. The summed E-state index contributed by atoms with van der Waals surface area (Å²) in [6, 6.07) is 4.37. The predicted octanol–water partition coefficient (Wildman–Crippen LogP) is 1.73. The molecule has 0 atom stereocenters. The summed E-state index contributed by atoms with van der Waals surface area (Å²) in [4.78, 5) is 0. The molecule has 0 aliphatic rings. The minimum absolute atomic E-state index is 0.469. The first-order chi connectivity index (χ1) is 6.89. The van der Waals surface area contributed by atoms with Crippen molar-refractivity contribution in [3.05, 3.63) is 41.4 Å². The van der Waals surface area contributed by atoms with Crippen molar-refractivity contribution in [2.45, 2.75) is 6.18 Å². The zero-order chi connectivity index (χ0) is 11.5. The number of alkyl halides is 3. The highest BCUT2D eigenvalue weighted by atomic mass is 19.4. The van der Waals surface area contributed by atoms with Gasteiger partial charge in [0.15, 0.2) is 0 Å². The molecule has 0 amide bonds. The molecule has 0 aliphatic carbocycles. The quantitative estimate of drug-likeness (QED) is 0.739. The van der Waals surface area contributed by atoms with Crippen LogP contribution in [0.3, 0.4) is 0 Å². The van der Waals surface area contributed by atoms with E-state index in [-0.39, 0.29) is 0 Å². The third-order valence-electron chi connectivity index (χ3n) is 1.70. The van der Waals surface area contributed by atoms with E-state index < -0.39 is 18.9 Å². The Morgan fingerprint density at radius 2 is 1.60 bits per heavy atom. The summed E-state index contributed by atoms with van der Waals surface area (Å²) >= 11 is 0. The van der Waals surface area contributed by atoms with Gasteiger partial charge in [-0.05, 0) is 17.7 Å². The zero-order valence-electron chi connectivity index (χ0n) is 7.57. The van der Waals surface area contributed by atoms with Crippen LogP contribution in [0.2, 0.25) is 0 Å². The third-order valence-corrected chi connectivity index (χ3v) is 1.70. The van der Waals surface area contributed by atoms with E-state index in [2.05, 4.69) is 0 Å². The molecule has 0 spiro atoms. The molecule has 2 N–H and O–H groups in total. The SMILES string of the molecule is OB(O)/C=C/c1ccc(C(F)(F)F)cc1. The first-order valence-electron chi connectivity index (χ1n) is 4.11. The van der Waals surface area contributed by atoms with E-state index in [0.29, 0.717) is 5.56 Å². The largest absolute Gasteiger partial charge is 0.480 e. The molecule has 1 rings (SSSR count). The van der Waals surface area contributed by atoms with E-state index in [1.807, 2.05) is 0 Å². The van der Waals surface area contributed by atoms with E-state index in [1.54, 1.807) is 0 Å². The van der Waals surface area contributed by atoms with Crippen LogP contribution in [0.4, 0.5) is 13.2 Å². The van der Waals surface area contributed by atoms with Gasteiger partial charge in [-0.15, -0.1) is 0 Å². The highest BCUT2D eigenvalue weighted by Crippen LogP contribution is 2.29. The Hall–Kier alpha value is -1.27. The molecular formula is C9H8BF3O2. The third kappa shape index (κ3) is 3.77. The van der Waals surface area contributed by atoms with Crippen LogP contribution in [0.25, 0.3) is 6.08 Å². The Morgan fingerprint density at radius 3 is 2.00 bits per heavy atom. The van der Waals surface area contributed by atoms with Gasteiger partial charge in [0, 0.05) is 0 Å². The Bertz CT molecular complexity index is 343. The van der Waals surface area contributed by atoms with E-state index in [0.717, 1.165) is 18.1 Å². The van der Waals surface area contributed by atoms with E-state index >= 15 is 0 Å². The molecular weight excluding hydrogens is 208 g/mol. The summed E-state index contributed by atoms with van der Waals surface area (Å²) in [6.07, 6.45) is -3.02. The molecule has 0 fully saturated rings. The summed E-state index contributed by atoms with van der Waals surface area (Å²) < 4.78 is 36.4. The second kappa shape index (κ2) is 4.50. The molecule has 0 saturated heterocycles. The van der Waals surface area contributed by atoms with Gasteiger partial charge in [-0.1, -0.05) is 24.2 Å².